The van der Waals surface area contributed by atoms with E-state index in [1.807, 2.05) is 55.5 Å². The van der Waals surface area contributed by atoms with Crippen LogP contribution in [0.3, 0.4) is 0 Å². The number of fused-ring (bicyclic) bond motifs is 3. The molecule has 2 atom stereocenters. The Labute approximate surface area is 152 Å². The molecule has 0 radical (unpaired) electrons. The molecule has 0 saturated heterocycles. The molecular formula is C21H21ClN2O. The molecule has 4 rings (SSSR count). The number of hydrogen-bond acceptors (Lipinski definition) is 1. The Kier molecular flexibility index (Phi) is 4.26. The van der Waals surface area contributed by atoms with E-state index in [0.29, 0.717) is 0 Å². The normalized spacial score (nSPS) is 17.9. The number of benzene rings is 2. The fraction of sp³-hybridized carbons (Fsp3) is 0.286. The highest BCUT2D eigenvalue weighted by atomic mass is 35.5. The number of aromatic nitrogens is 1. The minimum atomic E-state index is -0.124. The molecule has 0 fully saturated rings. The molecule has 1 unspecified atom stereocenters. The number of rotatable bonds is 3. The molecular weight excluding hydrogens is 332 g/mol. The average molecular weight is 353 g/mol. The van der Waals surface area contributed by atoms with Gasteiger partial charge in [0.2, 0.25) is 5.91 Å². The zero-order valence-corrected chi connectivity index (χ0v) is 14.9. The van der Waals surface area contributed by atoms with Gasteiger partial charge >= 0.3 is 0 Å². The molecule has 128 valence electrons. The van der Waals surface area contributed by atoms with E-state index in [9.17, 15) is 4.79 Å². The molecule has 1 aliphatic carbocycles. The highest BCUT2D eigenvalue weighted by Gasteiger charge is 2.30. The molecule has 2 aromatic carbocycles. The maximum Gasteiger partial charge on any atom is 0.229 e. The first-order valence-electron chi connectivity index (χ1n) is 8.79. The van der Waals surface area contributed by atoms with Crippen molar-refractivity contribution in [3.05, 3.63) is 70.4 Å². The summed E-state index contributed by atoms with van der Waals surface area (Å²) in [5.41, 5.74) is 4.48. The maximum absolute atomic E-state index is 12.9. The average Bonchev–Trinajstić information content (AvgIpc) is 3.00. The third-order valence-electron chi connectivity index (χ3n) is 5.14. The highest BCUT2D eigenvalue weighted by Crippen LogP contribution is 2.37. The lowest BCUT2D eigenvalue weighted by Crippen LogP contribution is -2.33. The molecule has 0 saturated carbocycles. The monoisotopic (exact) mass is 352 g/mol. The van der Waals surface area contributed by atoms with Gasteiger partial charge in [0.15, 0.2) is 0 Å². The van der Waals surface area contributed by atoms with Gasteiger partial charge in [-0.2, -0.15) is 0 Å². The van der Waals surface area contributed by atoms with Crippen molar-refractivity contribution in [1.82, 2.24) is 10.3 Å². The number of H-pyrrole nitrogens is 1. The quantitative estimate of drug-likeness (QED) is 0.675. The number of hydrogen-bond donors (Lipinski definition) is 2. The second-order valence-electron chi connectivity index (χ2n) is 6.79. The van der Waals surface area contributed by atoms with Crippen LogP contribution in [0.5, 0.6) is 0 Å². The summed E-state index contributed by atoms with van der Waals surface area (Å²) < 4.78 is 0. The first-order chi connectivity index (χ1) is 12.1. The maximum atomic E-state index is 12.9. The lowest BCUT2D eigenvalue weighted by Gasteiger charge is -2.24. The Balaban J connectivity index is 1.62. The van der Waals surface area contributed by atoms with Gasteiger partial charge in [0.05, 0.1) is 12.0 Å². The fourth-order valence-electron chi connectivity index (χ4n) is 3.84. The van der Waals surface area contributed by atoms with Gasteiger partial charge in [-0.1, -0.05) is 41.9 Å². The van der Waals surface area contributed by atoms with Crippen molar-refractivity contribution in [3.8, 4) is 0 Å². The SMILES string of the molecule is C[C@H](NC(=O)C1CCCc2c1[nH]c1ccc(Cl)cc21)c1ccccc1. The number of nitrogens with one attached hydrogen (secondary N) is 2. The summed E-state index contributed by atoms with van der Waals surface area (Å²) in [6.07, 6.45) is 2.89. The summed E-state index contributed by atoms with van der Waals surface area (Å²) in [6, 6.07) is 16.0. The van der Waals surface area contributed by atoms with Gasteiger partial charge < -0.3 is 10.3 Å². The number of aromatic amines is 1. The van der Waals surface area contributed by atoms with Crippen LogP contribution in [-0.4, -0.2) is 10.9 Å². The second-order valence-corrected chi connectivity index (χ2v) is 7.23. The first-order valence-corrected chi connectivity index (χ1v) is 9.16. The minimum Gasteiger partial charge on any atom is -0.357 e. The van der Waals surface area contributed by atoms with Gasteiger partial charge in [0.1, 0.15) is 0 Å². The molecule has 0 aliphatic heterocycles. The summed E-state index contributed by atoms with van der Waals surface area (Å²) in [5, 5.41) is 5.06. The van der Waals surface area contributed by atoms with E-state index in [1.54, 1.807) is 0 Å². The summed E-state index contributed by atoms with van der Waals surface area (Å²) in [5.74, 6) is -0.0314. The molecule has 25 heavy (non-hydrogen) atoms. The number of amides is 1. The molecule has 1 aliphatic rings. The Morgan fingerprint density at radius 1 is 1.24 bits per heavy atom. The summed E-state index contributed by atoms with van der Waals surface area (Å²) in [4.78, 5) is 16.4. The topological polar surface area (TPSA) is 44.9 Å². The van der Waals surface area contributed by atoms with Crippen LogP contribution in [0.4, 0.5) is 0 Å². The third-order valence-corrected chi connectivity index (χ3v) is 5.38. The minimum absolute atomic E-state index is 0.00195. The zero-order valence-electron chi connectivity index (χ0n) is 14.2. The molecule has 1 amide bonds. The Morgan fingerprint density at radius 2 is 2.04 bits per heavy atom. The van der Waals surface area contributed by atoms with E-state index >= 15 is 0 Å². The lowest BCUT2D eigenvalue weighted by atomic mass is 9.86. The predicted molar refractivity (Wildman–Crippen MR) is 102 cm³/mol. The van der Waals surface area contributed by atoms with Crippen LogP contribution < -0.4 is 5.32 Å². The Hall–Kier alpha value is -2.26. The van der Waals surface area contributed by atoms with Crippen LogP contribution >= 0.6 is 11.6 Å². The van der Waals surface area contributed by atoms with E-state index in [0.717, 1.165) is 46.4 Å². The van der Waals surface area contributed by atoms with E-state index in [-0.39, 0.29) is 17.9 Å². The summed E-state index contributed by atoms with van der Waals surface area (Å²) in [7, 11) is 0. The van der Waals surface area contributed by atoms with Crippen LogP contribution in [0.15, 0.2) is 48.5 Å². The van der Waals surface area contributed by atoms with E-state index in [2.05, 4.69) is 10.3 Å². The molecule has 4 heteroatoms. The van der Waals surface area contributed by atoms with E-state index < -0.39 is 0 Å². The number of halogens is 1. The lowest BCUT2D eigenvalue weighted by molar-refractivity contribution is -0.123. The van der Waals surface area contributed by atoms with Gasteiger partial charge in [0, 0.05) is 21.6 Å². The van der Waals surface area contributed by atoms with E-state index in [4.69, 9.17) is 11.6 Å². The Bertz CT molecular complexity index is 916. The van der Waals surface area contributed by atoms with Crippen molar-refractivity contribution in [3.63, 3.8) is 0 Å². The van der Waals surface area contributed by atoms with Crippen LogP contribution in [0.1, 0.15) is 48.5 Å². The van der Waals surface area contributed by atoms with Crippen molar-refractivity contribution in [2.24, 2.45) is 0 Å². The van der Waals surface area contributed by atoms with Gasteiger partial charge in [-0.15, -0.1) is 0 Å². The molecule has 0 bridgehead atoms. The van der Waals surface area contributed by atoms with Gasteiger partial charge in [-0.05, 0) is 55.5 Å². The van der Waals surface area contributed by atoms with Gasteiger partial charge in [-0.3, -0.25) is 4.79 Å². The molecule has 2 N–H and O–H groups in total. The number of aryl methyl sites for hydroxylation is 1. The number of carbonyl (C=O) groups excluding carboxylic acids is 1. The van der Waals surface area contributed by atoms with E-state index in [1.165, 1.54) is 5.56 Å². The van der Waals surface area contributed by atoms with Gasteiger partial charge in [0.25, 0.3) is 0 Å². The highest BCUT2D eigenvalue weighted by molar-refractivity contribution is 6.31. The smallest absolute Gasteiger partial charge is 0.229 e. The zero-order chi connectivity index (χ0) is 17.4. The van der Waals surface area contributed by atoms with Crippen molar-refractivity contribution in [2.75, 3.05) is 0 Å². The van der Waals surface area contributed by atoms with Crippen molar-refractivity contribution < 1.29 is 4.79 Å². The standard InChI is InChI=1S/C21H21ClN2O/c1-13(14-6-3-2-4-7-14)23-21(25)17-9-5-8-16-18-12-15(22)10-11-19(18)24-20(16)17/h2-4,6-7,10-13,17,24H,5,8-9H2,1H3,(H,23,25)/t13-,17?/m0/s1. The van der Waals surface area contributed by atoms with Crippen LogP contribution in [0, 0.1) is 0 Å². The van der Waals surface area contributed by atoms with Crippen molar-refractivity contribution in [2.45, 2.75) is 38.1 Å². The fourth-order valence-corrected chi connectivity index (χ4v) is 4.01. The van der Waals surface area contributed by atoms with Crippen molar-refractivity contribution >= 4 is 28.4 Å². The molecule has 1 aromatic heterocycles. The van der Waals surface area contributed by atoms with Crippen LogP contribution in [0.2, 0.25) is 5.02 Å². The third kappa shape index (κ3) is 3.05. The summed E-state index contributed by atoms with van der Waals surface area (Å²) in [6.45, 7) is 2.03. The van der Waals surface area contributed by atoms with Crippen LogP contribution in [-0.2, 0) is 11.2 Å². The largest absolute Gasteiger partial charge is 0.357 e. The molecule has 0 spiro atoms. The van der Waals surface area contributed by atoms with Crippen LogP contribution in [0.25, 0.3) is 10.9 Å². The second kappa shape index (κ2) is 6.57. The molecule has 1 heterocycles. The van der Waals surface area contributed by atoms with Crippen molar-refractivity contribution in [1.29, 1.82) is 0 Å². The van der Waals surface area contributed by atoms with Gasteiger partial charge in [-0.25, -0.2) is 0 Å². The Morgan fingerprint density at radius 3 is 2.84 bits per heavy atom. The molecule has 3 aromatic rings. The number of carbonyl (C=O) groups is 1. The summed E-state index contributed by atoms with van der Waals surface area (Å²) >= 11 is 6.16. The first kappa shape index (κ1) is 16.2. The predicted octanol–water partition coefficient (Wildman–Crippen LogP) is 5.12. The molecule has 3 nitrogen and oxygen atoms in total.